The summed E-state index contributed by atoms with van der Waals surface area (Å²) < 4.78 is 15.9. The van der Waals surface area contributed by atoms with E-state index in [4.69, 9.17) is 14.2 Å². The summed E-state index contributed by atoms with van der Waals surface area (Å²) in [6, 6.07) is 8.80. The lowest BCUT2D eigenvalue weighted by atomic mass is 10.0. The fraction of sp³-hybridized carbons (Fsp3) is 0.625. The second kappa shape index (κ2) is 7.07. The standard InChI is InChI=1S/C16H25NO3/c1-12-9-15(13-5-7-14(18-2)8-6-13)17(10-12)11-16(19-3)20-4/h5-8,12,15-16H,9-11H2,1-4H3/t12-,15+/m1/s1. The van der Waals surface area contributed by atoms with Crippen molar-refractivity contribution in [2.24, 2.45) is 5.92 Å². The number of ether oxygens (including phenoxy) is 3. The van der Waals surface area contributed by atoms with Gasteiger partial charge in [0.2, 0.25) is 0 Å². The van der Waals surface area contributed by atoms with E-state index in [9.17, 15) is 0 Å². The molecule has 20 heavy (non-hydrogen) atoms. The number of likely N-dealkylation sites (tertiary alicyclic amines) is 1. The Balaban J connectivity index is 2.10. The summed E-state index contributed by atoms with van der Waals surface area (Å²) >= 11 is 0. The highest BCUT2D eigenvalue weighted by Crippen LogP contribution is 2.35. The zero-order chi connectivity index (χ0) is 14.5. The third kappa shape index (κ3) is 3.51. The van der Waals surface area contributed by atoms with E-state index < -0.39 is 0 Å². The molecule has 1 saturated heterocycles. The third-order valence-corrected chi connectivity index (χ3v) is 4.02. The Morgan fingerprint density at radius 3 is 2.35 bits per heavy atom. The predicted octanol–water partition coefficient (Wildman–Crippen LogP) is 2.70. The average Bonchev–Trinajstić information content (AvgIpc) is 2.85. The first kappa shape index (κ1) is 15.3. The van der Waals surface area contributed by atoms with Gasteiger partial charge in [0.25, 0.3) is 0 Å². The van der Waals surface area contributed by atoms with E-state index in [2.05, 4.69) is 24.0 Å². The van der Waals surface area contributed by atoms with Gasteiger partial charge in [-0.25, -0.2) is 0 Å². The largest absolute Gasteiger partial charge is 0.497 e. The molecule has 1 fully saturated rings. The Bertz CT molecular complexity index is 403. The average molecular weight is 279 g/mol. The van der Waals surface area contributed by atoms with Crippen molar-refractivity contribution in [3.05, 3.63) is 29.8 Å². The van der Waals surface area contributed by atoms with E-state index in [1.165, 1.54) is 12.0 Å². The van der Waals surface area contributed by atoms with Crippen LogP contribution in [0.25, 0.3) is 0 Å². The van der Waals surface area contributed by atoms with Gasteiger partial charge in [0.15, 0.2) is 6.29 Å². The lowest BCUT2D eigenvalue weighted by Crippen LogP contribution is -2.34. The normalized spacial score (nSPS) is 23.4. The lowest BCUT2D eigenvalue weighted by molar-refractivity contribution is -0.118. The molecular weight excluding hydrogens is 254 g/mol. The number of benzene rings is 1. The number of hydrogen-bond donors (Lipinski definition) is 0. The maximum atomic E-state index is 5.33. The van der Waals surface area contributed by atoms with E-state index in [0.717, 1.165) is 18.8 Å². The summed E-state index contributed by atoms with van der Waals surface area (Å²) in [6.07, 6.45) is 1.01. The van der Waals surface area contributed by atoms with Gasteiger partial charge in [0, 0.05) is 26.8 Å². The van der Waals surface area contributed by atoms with Crippen molar-refractivity contribution in [1.82, 2.24) is 4.90 Å². The van der Waals surface area contributed by atoms with Gasteiger partial charge in [-0.05, 0) is 30.0 Å². The van der Waals surface area contributed by atoms with Crippen molar-refractivity contribution in [1.29, 1.82) is 0 Å². The first-order valence-electron chi connectivity index (χ1n) is 7.11. The van der Waals surface area contributed by atoms with E-state index in [1.807, 2.05) is 12.1 Å². The van der Waals surface area contributed by atoms with Crippen LogP contribution >= 0.6 is 0 Å². The summed E-state index contributed by atoms with van der Waals surface area (Å²) in [6.45, 7) is 4.18. The molecule has 1 aromatic carbocycles. The summed E-state index contributed by atoms with van der Waals surface area (Å²) in [5.41, 5.74) is 1.33. The summed E-state index contributed by atoms with van der Waals surface area (Å²) in [7, 11) is 5.08. The fourth-order valence-corrected chi connectivity index (χ4v) is 2.94. The number of nitrogens with zero attached hydrogens (tertiary/aromatic N) is 1. The molecule has 2 atom stereocenters. The van der Waals surface area contributed by atoms with Crippen molar-refractivity contribution in [2.45, 2.75) is 25.7 Å². The highest BCUT2D eigenvalue weighted by Gasteiger charge is 2.32. The zero-order valence-electron chi connectivity index (χ0n) is 12.8. The van der Waals surface area contributed by atoms with Crippen LogP contribution in [-0.2, 0) is 9.47 Å². The van der Waals surface area contributed by atoms with Crippen LogP contribution in [0.15, 0.2) is 24.3 Å². The Labute approximate surface area is 121 Å². The number of rotatable bonds is 6. The Morgan fingerprint density at radius 1 is 1.15 bits per heavy atom. The van der Waals surface area contributed by atoms with Gasteiger partial charge in [-0.1, -0.05) is 19.1 Å². The number of methoxy groups -OCH3 is 3. The molecule has 0 aliphatic carbocycles. The molecule has 0 radical (unpaired) electrons. The Kier molecular flexibility index (Phi) is 5.40. The molecule has 0 amide bonds. The van der Waals surface area contributed by atoms with E-state index >= 15 is 0 Å². The van der Waals surface area contributed by atoms with E-state index in [-0.39, 0.29) is 6.29 Å². The van der Waals surface area contributed by atoms with Gasteiger partial charge < -0.3 is 14.2 Å². The summed E-state index contributed by atoms with van der Waals surface area (Å²) in [5.74, 6) is 1.59. The zero-order valence-corrected chi connectivity index (χ0v) is 12.8. The van der Waals surface area contributed by atoms with Crippen molar-refractivity contribution >= 4 is 0 Å². The molecule has 4 heteroatoms. The molecule has 4 nitrogen and oxygen atoms in total. The second-order valence-corrected chi connectivity index (χ2v) is 5.48. The van der Waals surface area contributed by atoms with Crippen LogP contribution in [0.4, 0.5) is 0 Å². The molecule has 1 aromatic rings. The monoisotopic (exact) mass is 279 g/mol. The van der Waals surface area contributed by atoms with Crippen molar-refractivity contribution in [3.8, 4) is 5.75 Å². The molecule has 2 rings (SSSR count). The second-order valence-electron chi connectivity index (χ2n) is 5.48. The van der Waals surface area contributed by atoms with Crippen molar-refractivity contribution < 1.29 is 14.2 Å². The highest BCUT2D eigenvalue weighted by molar-refractivity contribution is 5.29. The first-order chi connectivity index (χ1) is 9.67. The molecule has 0 N–H and O–H groups in total. The van der Waals surface area contributed by atoms with E-state index in [1.54, 1.807) is 21.3 Å². The first-order valence-corrected chi connectivity index (χ1v) is 7.11. The molecule has 112 valence electrons. The molecule has 0 saturated carbocycles. The van der Waals surface area contributed by atoms with Gasteiger partial charge in [0.05, 0.1) is 13.7 Å². The fourth-order valence-electron chi connectivity index (χ4n) is 2.94. The van der Waals surface area contributed by atoms with Gasteiger partial charge in [-0.15, -0.1) is 0 Å². The maximum Gasteiger partial charge on any atom is 0.169 e. The minimum absolute atomic E-state index is 0.166. The van der Waals surface area contributed by atoms with Crippen LogP contribution in [-0.4, -0.2) is 45.6 Å². The Morgan fingerprint density at radius 2 is 1.80 bits per heavy atom. The topological polar surface area (TPSA) is 30.9 Å². The molecule has 0 aromatic heterocycles. The quantitative estimate of drug-likeness (QED) is 0.749. The SMILES string of the molecule is COc1ccc([C@@H]2C[C@@H](C)CN2CC(OC)OC)cc1. The van der Waals surface area contributed by atoms with Crippen LogP contribution in [0, 0.1) is 5.92 Å². The summed E-state index contributed by atoms with van der Waals surface area (Å²) in [5, 5.41) is 0. The lowest BCUT2D eigenvalue weighted by Gasteiger charge is -2.28. The highest BCUT2D eigenvalue weighted by atomic mass is 16.7. The third-order valence-electron chi connectivity index (χ3n) is 4.02. The van der Waals surface area contributed by atoms with Crippen LogP contribution in [0.1, 0.15) is 24.9 Å². The minimum Gasteiger partial charge on any atom is -0.497 e. The van der Waals surface area contributed by atoms with Gasteiger partial charge in [-0.2, -0.15) is 0 Å². The molecule has 0 bridgehead atoms. The smallest absolute Gasteiger partial charge is 0.169 e. The summed E-state index contributed by atoms with van der Waals surface area (Å²) in [4.78, 5) is 2.45. The van der Waals surface area contributed by atoms with Crippen LogP contribution in [0.2, 0.25) is 0 Å². The van der Waals surface area contributed by atoms with Gasteiger partial charge in [-0.3, -0.25) is 4.90 Å². The predicted molar refractivity (Wildman–Crippen MR) is 78.9 cm³/mol. The maximum absolute atomic E-state index is 5.33. The van der Waals surface area contributed by atoms with Crippen molar-refractivity contribution in [3.63, 3.8) is 0 Å². The van der Waals surface area contributed by atoms with Crippen LogP contribution < -0.4 is 4.74 Å². The van der Waals surface area contributed by atoms with Crippen molar-refractivity contribution in [2.75, 3.05) is 34.4 Å². The molecule has 1 aliphatic heterocycles. The molecule has 0 spiro atoms. The van der Waals surface area contributed by atoms with Crippen LogP contribution in [0.5, 0.6) is 5.75 Å². The van der Waals surface area contributed by atoms with Gasteiger partial charge >= 0.3 is 0 Å². The minimum atomic E-state index is -0.166. The molecule has 1 heterocycles. The molecular formula is C16H25NO3. The Hall–Kier alpha value is -1.10. The molecule has 1 aliphatic rings. The molecule has 0 unspecified atom stereocenters. The number of hydrogen-bond acceptors (Lipinski definition) is 4. The van der Waals surface area contributed by atoms with Gasteiger partial charge in [0.1, 0.15) is 5.75 Å². The van der Waals surface area contributed by atoms with Crippen LogP contribution in [0.3, 0.4) is 0 Å². The van der Waals surface area contributed by atoms with E-state index in [0.29, 0.717) is 12.0 Å².